The van der Waals surface area contributed by atoms with Gasteiger partial charge in [0.05, 0.1) is 0 Å². The number of halogens is 1. The van der Waals surface area contributed by atoms with E-state index in [9.17, 15) is 4.79 Å². The molecule has 3 nitrogen and oxygen atoms in total. The Hall–Kier alpha value is -1.06. The van der Waals surface area contributed by atoms with E-state index in [0.717, 1.165) is 17.7 Å². The highest BCUT2D eigenvalue weighted by molar-refractivity contribution is 6.17. The van der Waals surface area contributed by atoms with Crippen molar-refractivity contribution in [2.45, 2.75) is 25.3 Å². The van der Waals surface area contributed by atoms with Crippen LogP contribution in [0.25, 0.3) is 0 Å². The lowest BCUT2D eigenvalue weighted by molar-refractivity contribution is -0.126. The van der Waals surface area contributed by atoms with Gasteiger partial charge in [-0.15, -0.1) is 11.6 Å². The Morgan fingerprint density at radius 1 is 1.59 bits per heavy atom. The van der Waals surface area contributed by atoms with Gasteiger partial charge in [0.1, 0.15) is 6.10 Å². The average molecular weight is 254 g/mol. The van der Waals surface area contributed by atoms with Gasteiger partial charge in [-0.2, -0.15) is 0 Å². The first-order valence-corrected chi connectivity index (χ1v) is 6.31. The average Bonchev–Trinajstić information content (AvgIpc) is 2.76. The van der Waals surface area contributed by atoms with E-state index in [1.807, 2.05) is 31.2 Å². The molecule has 1 N–H and O–H groups in total. The number of carbonyl (C=O) groups is 1. The van der Waals surface area contributed by atoms with Crippen molar-refractivity contribution in [3.8, 4) is 0 Å². The molecule has 4 heteroatoms. The van der Waals surface area contributed by atoms with Crippen molar-refractivity contribution in [1.29, 1.82) is 0 Å². The molecule has 0 bridgehead atoms. The molecule has 0 aliphatic carbocycles. The third-order valence-electron chi connectivity index (χ3n) is 2.99. The third kappa shape index (κ3) is 2.99. The van der Waals surface area contributed by atoms with E-state index in [4.69, 9.17) is 16.3 Å². The summed E-state index contributed by atoms with van der Waals surface area (Å²) in [6.45, 7) is 2.70. The summed E-state index contributed by atoms with van der Waals surface area (Å²) in [6, 6.07) is 7.54. The minimum Gasteiger partial charge on any atom is -0.368 e. The highest BCUT2D eigenvalue weighted by Crippen LogP contribution is 2.22. The van der Waals surface area contributed by atoms with Crippen molar-refractivity contribution in [2.24, 2.45) is 5.92 Å². The molecule has 0 aromatic heterocycles. The van der Waals surface area contributed by atoms with Crippen LogP contribution >= 0.6 is 11.6 Å². The van der Waals surface area contributed by atoms with Crippen LogP contribution in [0.2, 0.25) is 0 Å². The van der Waals surface area contributed by atoms with Gasteiger partial charge in [0.25, 0.3) is 5.91 Å². The standard InChI is InChI=1S/C13H16ClNO2/c1-9-5-6-17-12(9)13(16)15-11-4-2-3-10(7-11)8-14/h2-4,7,9,12H,5-6,8H2,1H3,(H,15,16). The van der Waals surface area contributed by atoms with Gasteiger partial charge >= 0.3 is 0 Å². The van der Waals surface area contributed by atoms with Crippen LogP contribution in [-0.4, -0.2) is 18.6 Å². The van der Waals surface area contributed by atoms with Crippen LogP contribution in [0.5, 0.6) is 0 Å². The lowest BCUT2D eigenvalue weighted by Gasteiger charge is -2.14. The van der Waals surface area contributed by atoms with Crippen LogP contribution in [0.4, 0.5) is 5.69 Å². The number of anilines is 1. The fourth-order valence-corrected chi connectivity index (χ4v) is 2.14. The van der Waals surface area contributed by atoms with Crippen LogP contribution in [0.15, 0.2) is 24.3 Å². The molecular weight excluding hydrogens is 238 g/mol. The van der Waals surface area contributed by atoms with Crippen LogP contribution in [-0.2, 0) is 15.4 Å². The molecule has 2 atom stereocenters. The molecular formula is C13H16ClNO2. The lowest BCUT2D eigenvalue weighted by Crippen LogP contribution is -2.31. The summed E-state index contributed by atoms with van der Waals surface area (Å²) in [6.07, 6.45) is 0.620. The van der Waals surface area contributed by atoms with Crippen molar-refractivity contribution in [1.82, 2.24) is 0 Å². The summed E-state index contributed by atoms with van der Waals surface area (Å²) >= 11 is 5.75. The molecule has 0 radical (unpaired) electrons. The fraction of sp³-hybridized carbons (Fsp3) is 0.462. The molecule has 92 valence electrons. The fourth-order valence-electron chi connectivity index (χ4n) is 1.98. The zero-order valence-electron chi connectivity index (χ0n) is 9.78. The van der Waals surface area contributed by atoms with Gasteiger partial charge in [0.2, 0.25) is 0 Å². The Bertz CT molecular complexity index is 408. The van der Waals surface area contributed by atoms with Crippen molar-refractivity contribution in [3.63, 3.8) is 0 Å². The summed E-state index contributed by atoms with van der Waals surface area (Å²) < 4.78 is 5.42. The summed E-state index contributed by atoms with van der Waals surface area (Å²) in [7, 11) is 0. The van der Waals surface area contributed by atoms with E-state index in [0.29, 0.717) is 12.5 Å². The van der Waals surface area contributed by atoms with Gasteiger partial charge in [0.15, 0.2) is 0 Å². The topological polar surface area (TPSA) is 38.3 Å². The van der Waals surface area contributed by atoms with Gasteiger partial charge in [-0.25, -0.2) is 0 Å². The molecule has 1 aliphatic rings. The molecule has 0 saturated carbocycles. The summed E-state index contributed by atoms with van der Waals surface area (Å²) in [5.74, 6) is 0.660. The quantitative estimate of drug-likeness (QED) is 0.842. The van der Waals surface area contributed by atoms with Crippen LogP contribution in [0.3, 0.4) is 0 Å². The first-order valence-electron chi connectivity index (χ1n) is 5.78. The molecule has 1 fully saturated rings. The number of ether oxygens (including phenoxy) is 1. The molecule has 0 spiro atoms. The Morgan fingerprint density at radius 3 is 3.06 bits per heavy atom. The zero-order chi connectivity index (χ0) is 12.3. The van der Waals surface area contributed by atoms with E-state index in [2.05, 4.69) is 5.32 Å². The number of alkyl halides is 1. The summed E-state index contributed by atoms with van der Waals surface area (Å²) in [4.78, 5) is 12.0. The maximum absolute atomic E-state index is 12.0. The van der Waals surface area contributed by atoms with E-state index in [1.165, 1.54) is 0 Å². The van der Waals surface area contributed by atoms with E-state index in [1.54, 1.807) is 0 Å². The molecule has 1 saturated heterocycles. The van der Waals surface area contributed by atoms with Crippen LogP contribution in [0, 0.1) is 5.92 Å². The Balaban J connectivity index is 2.02. The van der Waals surface area contributed by atoms with Crippen molar-refractivity contribution in [2.75, 3.05) is 11.9 Å². The number of carbonyl (C=O) groups excluding carboxylic acids is 1. The highest BCUT2D eigenvalue weighted by Gasteiger charge is 2.30. The van der Waals surface area contributed by atoms with E-state index >= 15 is 0 Å². The minimum absolute atomic E-state index is 0.0678. The highest BCUT2D eigenvalue weighted by atomic mass is 35.5. The second-order valence-corrected chi connectivity index (χ2v) is 4.65. The number of hydrogen-bond donors (Lipinski definition) is 1. The van der Waals surface area contributed by atoms with Gasteiger partial charge in [-0.05, 0) is 30.0 Å². The van der Waals surface area contributed by atoms with Gasteiger partial charge in [0, 0.05) is 18.2 Å². The van der Waals surface area contributed by atoms with Gasteiger partial charge in [-0.1, -0.05) is 19.1 Å². The molecule has 17 heavy (non-hydrogen) atoms. The second kappa shape index (κ2) is 5.52. The molecule has 1 heterocycles. The Kier molecular flexibility index (Phi) is 4.02. The number of benzene rings is 1. The second-order valence-electron chi connectivity index (χ2n) is 4.38. The number of amides is 1. The van der Waals surface area contributed by atoms with Crippen LogP contribution in [0.1, 0.15) is 18.9 Å². The predicted molar refractivity (Wildman–Crippen MR) is 68.1 cm³/mol. The monoisotopic (exact) mass is 253 g/mol. The van der Waals surface area contributed by atoms with Gasteiger partial charge in [-0.3, -0.25) is 4.79 Å². The van der Waals surface area contributed by atoms with Gasteiger partial charge < -0.3 is 10.1 Å². The van der Waals surface area contributed by atoms with E-state index < -0.39 is 0 Å². The SMILES string of the molecule is CC1CCOC1C(=O)Nc1cccc(CCl)c1. The molecule has 2 unspecified atom stereocenters. The molecule has 1 amide bonds. The predicted octanol–water partition coefficient (Wildman–Crippen LogP) is 2.79. The maximum atomic E-state index is 12.0. The summed E-state index contributed by atoms with van der Waals surface area (Å²) in [5, 5.41) is 2.87. The number of hydrogen-bond acceptors (Lipinski definition) is 2. The molecule has 1 aromatic carbocycles. The molecule has 2 rings (SSSR count). The lowest BCUT2D eigenvalue weighted by atomic mass is 10.0. The largest absolute Gasteiger partial charge is 0.368 e. The third-order valence-corrected chi connectivity index (χ3v) is 3.30. The Morgan fingerprint density at radius 2 is 2.41 bits per heavy atom. The normalized spacial score (nSPS) is 23.6. The number of rotatable bonds is 3. The molecule has 1 aromatic rings. The maximum Gasteiger partial charge on any atom is 0.253 e. The first-order chi connectivity index (χ1) is 8.20. The molecule has 1 aliphatic heterocycles. The van der Waals surface area contributed by atoms with E-state index in [-0.39, 0.29) is 17.9 Å². The zero-order valence-corrected chi connectivity index (χ0v) is 10.5. The Labute approximate surface area is 106 Å². The smallest absolute Gasteiger partial charge is 0.253 e. The number of nitrogens with one attached hydrogen (secondary N) is 1. The minimum atomic E-state index is -0.324. The van der Waals surface area contributed by atoms with Crippen molar-refractivity contribution < 1.29 is 9.53 Å². The first kappa shape index (κ1) is 12.4. The van der Waals surface area contributed by atoms with Crippen molar-refractivity contribution in [3.05, 3.63) is 29.8 Å². The van der Waals surface area contributed by atoms with Crippen molar-refractivity contribution >= 4 is 23.2 Å². The summed E-state index contributed by atoms with van der Waals surface area (Å²) in [5.41, 5.74) is 1.76. The van der Waals surface area contributed by atoms with Crippen LogP contribution < -0.4 is 5.32 Å².